The van der Waals surface area contributed by atoms with Crippen LogP contribution in [0.25, 0.3) is 11.3 Å². The summed E-state index contributed by atoms with van der Waals surface area (Å²) in [5.41, 5.74) is 4.60. The summed E-state index contributed by atoms with van der Waals surface area (Å²) in [6.45, 7) is 0. The molecule has 29 heavy (non-hydrogen) atoms. The third-order valence-corrected chi connectivity index (χ3v) is 5.70. The largest absolute Gasteiger partial charge is 0.490 e. The number of rotatable bonds is 8. The molecular weight excluding hydrogens is 412 g/mol. The number of amides is 1. The number of nitro benzene ring substituents is 1. The van der Waals surface area contributed by atoms with Gasteiger partial charge in [-0.1, -0.05) is 42.1 Å². The first-order valence-electron chi connectivity index (χ1n) is 8.35. The Morgan fingerprint density at radius 3 is 2.86 bits per heavy atom. The summed E-state index contributed by atoms with van der Waals surface area (Å²) in [7, 11) is 1.36. The van der Waals surface area contributed by atoms with Gasteiger partial charge in [-0.3, -0.25) is 14.9 Å². The fourth-order valence-corrected chi connectivity index (χ4v) is 3.96. The monoisotopic (exact) mass is 428 g/mol. The number of carbonyl (C=O) groups excluding carboxylic acids is 1. The van der Waals surface area contributed by atoms with Crippen molar-refractivity contribution in [2.75, 3.05) is 12.9 Å². The Labute approximate surface area is 174 Å². The number of nitrogens with zero attached hydrogens (tertiary/aromatic N) is 3. The molecule has 1 heterocycles. The molecule has 0 radical (unpaired) electrons. The number of hydrogen-bond acceptors (Lipinski definition) is 8. The van der Waals surface area contributed by atoms with Crippen LogP contribution in [0.2, 0.25) is 0 Å². The summed E-state index contributed by atoms with van der Waals surface area (Å²) >= 11 is 2.79. The van der Waals surface area contributed by atoms with Gasteiger partial charge in [0.25, 0.3) is 5.91 Å². The van der Waals surface area contributed by atoms with Crippen molar-refractivity contribution < 1.29 is 14.5 Å². The Balaban J connectivity index is 1.52. The quantitative estimate of drug-likeness (QED) is 0.252. The molecule has 1 N–H and O–H groups in total. The van der Waals surface area contributed by atoms with Crippen LogP contribution in [0, 0.1) is 10.1 Å². The van der Waals surface area contributed by atoms with Crippen molar-refractivity contribution in [3.63, 3.8) is 0 Å². The lowest BCUT2D eigenvalue weighted by Gasteiger charge is -2.02. The number of hydrogen-bond donors (Lipinski definition) is 1. The average molecular weight is 428 g/mol. The maximum absolute atomic E-state index is 12.0. The Bertz CT molecular complexity index is 1040. The highest BCUT2D eigenvalue weighted by molar-refractivity contribution is 8.01. The van der Waals surface area contributed by atoms with Gasteiger partial charge in [0, 0.05) is 22.6 Å². The van der Waals surface area contributed by atoms with Gasteiger partial charge in [0.15, 0.2) is 10.1 Å². The van der Waals surface area contributed by atoms with E-state index in [9.17, 15) is 14.9 Å². The SMILES string of the molecule is COc1ccc(/C=N/NC(=O)CSc2nc(-c3ccccc3)cs2)cc1[N+](=O)[O-]. The van der Waals surface area contributed by atoms with Gasteiger partial charge in [-0.15, -0.1) is 11.3 Å². The summed E-state index contributed by atoms with van der Waals surface area (Å²) in [5.74, 6) is 0.0126. The molecule has 0 saturated heterocycles. The van der Waals surface area contributed by atoms with Crippen LogP contribution in [-0.2, 0) is 4.79 Å². The molecule has 10 heteroatoms. The minimum absolute atomic E-state index is 0.155. The maximum Gasteiger partial charge on any atom is 0.311 e. The lowest BCUT2D eigenvalue weighted by Crippen LogP contribution is -2.19. The zero-order chi connectivity index (χ0) is 20.6. The summed E-state index contributed by atoms with van der Waals surface area (Å²) in [4.78, 5) is 27.0. The zero-order valence-corrected chi connectivity index (χ0v) is 16.9. The van der Waals surface area contributed by atoms with Crippen LogP contribution in [0.3, 0.4) is 0 Å². The molecule has 1 amide bonds. The predicted octanol–water partition coefficient (Wildman–Crippen LogP) is 3.97. The van der Waals surface area contributed by atoms with E-state index in [0.29, 0.717) is 5.56 Å². The Morgan fingerprint density at radius 1 is 1.34 bits per heavy atom. The highest BCUT2D eigenvalue weighted by Gasteiger charge is 2.14. The molecule has 0 aliphatic rings. The van der Waals surface area contributed by atoms with Crippen LogP contribution in [-0.4, -0.2) is 34.9 Å². The van der Waals surface area contributed by atoms with E-state index in [4.69, 9.17) is 4.74 Å². The molecule has 2 aromatic carbocycles. The Kier molecular flexibility index (Phi) is 6.93. The van der Waals surface area contributed by atoms with Crippen LogP contribution in [0.1, 0.15) is 5.56 Å². The maximum atomic E-state index is 12.0. The second-order valence-corrected chi connectivity index (χ2v) is 7.72. The smallest absolute Gasteiger partial charge is 0.311 e. The minimum Gasteiger partial charge on any atom is -0.490 e. The number of carbonyl (C=O) groups is 1. The molecule has 3 aromatic rings. The van der Waals surface area contributed by atoms with Gasteiger partial charge in [0.05, 0.1) is 29.7 Å². The van der Waals surface area contributed by atoms with E-state index in [2.05, 4.69) is 15.5 Å². The number of aromatic nitrogens is 1. The van der Waals surface area contributed by atoms with Crippen molar-refractivity contribution >= 4 is 40.9 Å². The standard InChI is InChI=1S/C19H16N4O4S2/c1-27-17-8-7-13(9-16(17)23(25)26)10-20-22-18(24)12-29-19-21-15(11-28-19)14-5-3-2-4-6-14/h2-11H,12H2,1H3,(H,22,24)/b20-10+. The molecule has 8 nitrogen and oxygen atoms in total. The van der Waals surface area contributed by atoms with Crippen molar-refractivity contribution in [3.05, 3.63) is 69.6 Å². The van der Waals surface area contributed by atoms with Crippen LogP contribution in [0.5, 0.6) is 5.75 Å². The van der Waals surface area contributed by atoms with E-state index < -0.39 is 4.92 Å². The molecule has 0 saturated carbocycles. The van der Waals surface area contributed by atoms with E-state index in [0.717, 1.165) is 15.6 Å². The van der Waals surface area contributed by atoms with Gasteiger partial charge in [-0.2, -0.15) is 5.10 Å². The van der Waals surface area contributed by atoms with Crippen LogP contribution < -0.4 is 10.2 Å². The van der Waals surface area contributed by atoms with E-state index in [1.54, 1.807) is 6.07 Å². The van der Waals surface area contributed by atoms with Gasteiger partial charge in [0.2, 0.25) is 0 Å². The number of nitrogens with one attached hydrogen (secondary N) is 1. The van der Waals surface area contributed by atoms with Crippen molar-refractivity contribution in [2.45, 2.75) is 4.34 Å². The third kappa shape index (κ3) is 5.62. The third-order valence-electron chi connectivity index (χ3n) is 3.68. The summed E-state index contributed by atoms with van der Waals surface area (Å²) < 4.78 is 5.73. The molecule has 0 aliphatic heterocycles. The predicted molar refractivity (Wildman–Crippen MR) is 114 cm³/mol. The van der Waals surface area contributed by atoms with Crippen molar-refractivity contribution in [3.8, 4) is 17.0 Å². The molecule has 0 atom stereocenters. The number of benzene rings is 2. The van der Waals surface area contributed by atoms with Crippen LogP contribution in [0.4, 0.5) is 5.69 Å². The second kappa shape index (κ2) is 9.80. The molecule has 0 fully saturated rings. The average Bonchev–Trinajstić information content (AvgIpc) is 3.22. The first-order valence-corrected chi connectivity index (χ1v) is 10.2. The van der Waals surface area contributed by atoms with Gasteiger partial charge in [0.1, 0.15) is 0 Å². The number of thiazole rings is 1. The van der Waals surface area contributed by atoms with E-state index >= 15 is 0 Å². The molecule has 0 aliphatic carbocycles. The number of methoxy groups -OCH3 is 1. The molecule has 148 valence electrons. The number of hydrazone groups is 1. The lowest BCUT2D eigenvalue weighted by atomic mass is 10.2. The summed E-state index contributed by atoms with van der Waals surface area (Å²) in [6, 6.07) is 14.2. The summed E-state index contributed by atoms with van der Waals surface area (Å²) in [6.07, 6.45) is 1.34. The van der Waals surface area contributed by atoms with Crippen LogP contribution >= 0.6 is 23.1 Å². The van der Waals surface area contributed by atoms with Gasteiger partial charge >= 0.3 is 5.69 Å². The topological polar surface area (TPSA) is 107 Å². The number of ether oxygens (including phenoxy) is 1. The fourth-order valence-electron chi connectivity index (χ4n) is 2.33. The molecule has 0 spiro atoms. The zero-order valence-electron chi connectivity index (χ0n) is 15.3. The Hall–Kier alpha value is -3.24. The van der Waals surface area contributed by atoms with E-state index in [1.165, 1.54) is 48.6 Å². The lowest BCUT2D eigenvalue weighted by molar-refractivity contribution is -0.385. The number of thioether (sulfide) groups is 1. The first-order chi connectivity index (χ1) is 14.1. The normalized spacial score (nSPS) is 10.8. The van der Waals surface area contributed by atoms with Crippen molar-refractivity contribution in [1.82, 2.24) is 10.4 Å². The van der Waals surface area contributed by atoms with Crippen molar-refractivity contribution in [1.29, 1.82) is 0 Å². The van der Waals surface area contributed by atoms with Crippen LogP contribution in [0.15, 0.2) is 63.4 Å². The highest BCUT2D eigenvalue weighted by atomic mass is 32.2. The second-order valence-electron chi connectivity index (χ2n) is 5.63. The summed E-state index contributed by atoms with van der Waals surface area (Å²) in [5, 5.41) is 16.8. The molecule has 0 bridgehead atoms. The van der Waals surface area contributed by atoms with Crippen molar-refractivity contribution in [2.24, 2.45) is 5.10 Å². The number of nitro groups is 1. The molecule has 3 rings (SSSR count). The van der Waals surface area contributed by atoms with Gasteiger partial charge in [-0.25, -0.2) is 10.4 Å². The molecule has 0 unspecified atom stereocenters. The highest BCUT2D eigenvalue weighted by Crippen LogP contribution is 2.28. The van der Waals surface area contributed by atoms with E-state index in [-0.39, 0.29) is 23.1 Å². The van der Waals surface area contributed by atoms with Gasteiger partial charge in [-0.05, 0) is 12.1 Å². The Morgan fingerprint density at radius 2 is 2.14 bits per heavy atom. The minimum atomic E-state index is -0.539. The van der Waals surface area contributed by atoms with E-state index in [1.807, 2.05) is 35.7 Å². The molecular formula is C19H16N4O4S2. The first kappa shape index (κ1) is 20.5. The fraction of sp³-hybridized carbons (Fsp3) is 0.105. The van der Waals surface area contributed by atoms with Gasteiger partial charge < -0.3 is 4.74 Å². The molecule has 1 aromatic heterocycles.